The zero-order valence-electron chi connectivity index (χ0n) is 11.1. The van der Waals surface area contributed by atoms with E-state index in [-0.39, 0.29) is 12.2 Å². The maximum Gasteiger partial charge on any atom is 0.406 e. The largest absolute Gasteiger partial charge is 0.406 e. The molecule has 0 unspecified atom stereocenters. The highest BCUT2D eigenvalue weighted by Crippen LogP contribution is 2.18. The molecule has 0 aliphatic carbocycles. The zero-order chi connectivity index (χ0) is 14.9. The predicted molar refractivity (Wildman–Crippen MR) is 67.6 cm³/mol. The maximum atomic E-state index is 12.4. The first-order valence-corrected chi connectivity index (χ1v) is 6.11. The first kappa shape index (κ1) is 14.4. The van der Waals surface area contributed by atoms with Crippen LogP contribution < -0.4 is 0 Å². The van der Waals surface area contributed by atoms with E-state index in [9.17, 15) is 18.0 Å². The van der Waals surface area contributed by atoms with Crippen LogP contribution in [-0.2, 0) is 0 Å². The van der Waals surface area contributed by atoms with Crippen molar-refractivity contribution >= 4 is 11.6 Å². The summed E-state index contributed by atoms with van der Waals surface area (Å²) in [7, 11) is 0. The molecule has 1 amide bonds. The molecule has 0 bridgehead atoms. The third kappa shape index (κ3) is 3.09. The van der Waals surface area contributed by atoms with E-state index in [4.69, 9.17) is 0 Å². The maximum absolute atomic E-state index is 12.4. The van der Waals surface area contributed by atoms with Gasteiger partial charge in [-0.2, -0.15) is 13.2 Å². The van der Waals surface area contributed by atoms with Crippen molar-refractivity contribution in [3.05, 3.63) is 35.8 Å². The van der Waals surface area contributed by atoms with E-state index in [1.54, 1.807) is 16.7 Å². The van der Waals surface area contributed by atoms with Gasteiger partial charge in [-0.15, -0.1) is 0 Å². The summed E-state index contributed by atoms with van der Waals surface area (Å²) in [4.78, 5) is 16.8. The highest BCUT2D eigenvalue weighted by Gasteiger charge is 2.33. The molecule has 0 spiro atoms. The fourth-order valence-corrected chi connectivity index (χ4v) is 1.91. The van der Waals surface area contributed by atoms with Gasteiger partial charge in [0.15, 0.2) is 0 Å². The number of hydrogen-bond acceptors (Lipinski definition) is 2. The Kier molecular flexibility index (Phi) is 3.69. The minimum absolute atomic E-state index is 0.0155. The van der Waals surface area contributed by atoms with E-state index >= 15 is 0 Å². The molecule has 7 heteroatoms. The van der Waals surface area contributed by atoms with Crippen LogP contribution in [0.15, 0.2) is 24.5 Å². The summed E-state index contributed by atoms with van der Waals surface area (Å²) >= 11 is 0. The normalized spacial score (nSPS) is 11.8. The van der Waals surface area contributed by atoms with Crippen LogP contribution >= 0.6 is 0 Å². The molecular weight excluding hydrogens is 271 g/mol. The number of amides is 1. The van der Waals surface area contributed by atoms with Gasteiger partial charge >= 0.3 is 6.18 Å². The molecule has 108 valence electrons. The van der Waals surface area contributed by atoms with Crippen molar-refractivity contribution in [3.63, 3.8) is 0 Å². The zero-order valence-corrected chi connectivity index (χ0v) is 11.1. The number of alkyl halides is 3. The quantitative estimate of drug-likeness (QED) is 0.869. The van der Waals surface area contributed by atoms with Gasteiger partial charge in [-0.3, -0.25) is 4.79 Å². The van der Waals surface area contributed by atoms with Crippen molar-refractivity contribution < 1.29 is 18.0 Å². The van der Waals surface area contributed by atoms with Crippen LogP contribution in [0.3, 0.4) is 0 Å². The highest BCUT2D eigenvalue weighted by molar-refractivity contribution is 5.93. The van der Waals surface area contributed by atoms with E-state index in [0.717, 1.165) is 10.5 Å². The number of pyridine rings is 1. The van der Waals surface area contributed by atoms with E-state index in [1.807, 2.05) is 13.0 Å². The van der Waals surface area contributed by atoms with Gasteiger partial charge in [-0.05, 0) is 25.5 Å². The second kappa shape index (κ2) is 5.15. The van der Waals surface area contributed by atoms with Gasteiger partial charge in [0.1, 0.15) is 17.9 Å². The number of aromatic nitrogens is 2. The molecule has 2 heterocycles. The SMILES string of the molecule is CCN(CC(F)(F)F)C(=O)c1cn2cc(C)ccc2n1. The molecule has 0 saturated carbocycles. The molecule has 0 atom stereocenters. The number of aryl methyl sites for hydroxylation is 1. The summed E-state index contributed by atoms with van der Waals surface area (Å²) in [6, 6.07) is 3.54. The molecule has 0 aliphatic rings. The van der Waals surface area contributed by atoms with Crippen LogP contribution in [0.4, 0.5) is 13.2 Å². The Labute approximate surface area is 113 Å². The lowest BCUT2D eigenvalue weighted by atomic mass is 10.3. The van der Waals surface area contributed by atoms with Crippen LogP contribution in [0.5, 0.6) is 0 Å². The number of imidazole rings is 1. The molecule has 2 rings (SSSR count). The Bertz CT molecular complexity index is 633. The Balaban J connectivity index is 2.29. The summed E-state index contributed by atoms with van der Waals surface area (Å²) in [5.74, 6) is -0.717. The fraction of sp³-hybridized carbons (Fsp3) is 0.385. The van der Waals surface area contributed by atoms with Crippen molar-refractivity contribution in [1.82, 2.24) is 14.3 Å². The van der Waals surface area contributed by atoms with Gasteiger partial charge < -0.3 is 9.30 Å². The molecule has 0 fully saturated rings. The number of rotatable bonds is 3. The molecule has 0 saturated heterocycles. The Morgan fingerprint density at radius 2 is 2.05 bits per heavy atom. The summed E-state index contributed by atoms with van der Waals surface area (Å²) in [5, 5.41) is 0. The minimum Gasteiger partial charge on any atom is -0.328 e. The average molecular weight is 285 g/mol. The molecule has 20 heavy (non-hydrogen) atoms. The number of fused-ring (bicyclic) bond motifs is 1. The van der Waals surface area contributed by atoms with Crippen LogP contribution in [0.25, 0.3) is 5.65 Å². The number of nitrogens with zero attached hydrogens (tertiary/aromatic N) is 3. The summed E-state index contributed by atoms with van der Waals surface area (Å²) in [6.45, 7) is 2.09. The van der Waals surface area contributed by atoms with E-state index in [2.05, 4.69) is 4.98 Å². The molecule has 0 radical (unpaired) electrons. The van der Waals surface area contributed by atoms with Gasteiger partial charge in [-0.25, -0.2) is 4.98 Å². The third-order valence-corrected chi connectivity index (χ3v) is 2.86. The Morgan fingerprint density at radius 1 is 1.35 bits per heavy atom. The third-order valence-electron chi connectivity index (χ3n) is 2.86. The van der Waals surface area contributed by atoms with Crippen molar-refractivity contribution in [2.24, 2.45) is 0 Å². The van der Waals surface area contributed by atoms with Gasteiger partial charge in [0, 0.05) is 18.9 Å². The van der Waals surface area contributed by atoms with Crippen LogP contribution in [0, 0.1) is 6.92 Å². The summed E-state index contributed by atoms with van der Waals surface area (Å²) in [6.07, 6.45) is -1.20. The Morgan fingerprint density at radius 3 is 2.65 bits per heavy atom. The van der Waals surface area contributed by atoms with Crippen molar-refractivity contribution in [3.8, 4) is 0 Å². The first-order valence-electron chi connectivity index (χ1n) is 6.11. The van der Waals surface area contributed by atoms with Gasteiger partial charge in [-0.1, -0.05) is 6.07 Å². The molecule has 0 N–H and O–H groups in total. The van der Waals surface area contributed by atoms with Crippen molar-refractivity contribution in [1.29, 1.82) is 0 Å². The van der Waals surface area contributed by atoms with Crippen LogP contribution in [0.1, 0.15) is 23.0 Å². The molecule has 0 aliphatic heterocycles. The second-order valence-electron chi connectivity index (χ2n) is 4.53. The predicted octanol–water partition coefficient (Wildman–Crippen LogP) is 2.67. The van der Waals surface area contributed by atoms with E-state index < -0.39 is 18.6 Å². The van der Waals surface area contributed by atoms with Gasteiger partial charge in [0.05, 0.1) is 0 Å². The van der Waals surface area contributed by atoms with E-state index in [1.165, 1.54) is 13.1 Å². The molecule has 4 nitrogen and oxygen atoms in total. The topological polar surface area (TPSA) is 37.6 Å². The average Bonchev–Trinajstić information content (AvgIpc) is 2.76. The lowest BCUT2D eigenvalue weighted by Crippen LogP contribution is -2.38. The number of carbonyl (C=O) groups excluding carboxylic acids is 1. The van der Waals surface area contributed by atoms with Crippen molar-refractivity contribution in [2.45, 2.75) is 20.0 Å². The molecule has 0 aromatic carbocycles. The number of halogens is 3. The number of carbonyl (C=O) groups is 1. The minimum atomic E-state index is -4.42. The fourth-order valence-electron chi connectivity index (χ4n) is 1.91. The second-order valence-corrected chi connectivity index (χ2v) is 4.53. The lowest BCUT2D eigenvalue weighted by Gasteiger charge is -2.21. The Hall–Kier alpha value is -2.05. The first-order chi connectivity index (χ1) is 9.30. The monoisotopic (exact) mass is 285 g/mol. The van der Waals surface area contributed by atoms with Crippen LogP contribution in [0.2, 0.25) is 0 Å². The van der Waals surface area contributed by atoms with Crippen molar-refractivity contribution in [2.75, 3.05) is 13.1 Å². The summed E-state index contributed by atoms with van der Waals surface area (Å²) < 4.78 is 38.8. The standard InChI is InChI=1S/C13H14F3N3O/c1-3-18(8-13(14,15)16)12(20)10-7-19-6-9(2)4-5-11(19)17-10/h4-7H,3,8H2,1-2H3. The van der Waals surface area contributed by atoms with Gasteiger partial charge in [0.2, 0.25) is 0 Å². The van der Waals surface area contributed by atoms with Crippen LogP contribution in [-0.4, -0.2) is 39.5 Å². The smallest absolute Gasteiger partial charge is 0.328 e. The highest BCUT2D eigenvalue weighted by atomic mass is 19.4. The molecular formula is C13H14F3N3O. The summed E-state index contributed by atoms with van der Waals surface area (Å²) in [5.41, 5.74) is 1.51. The van der Waals surface area contributed by atoms with Gasteiger partial charge in [0.25, 0.3) is 5.91 Å². The number of hydrogen-bond donors (Lipinski definition) is 0. The molecule has 2 aromatic rings. The lowest BCUT2D eigenvalue weighted by molar-refractivity contribution is -0.140. The van der Waals surface area contributed by atoms with E-state index in [0.29, 0.717) is 5.65 Å². The molecule has 2 aromatic heterocycles.